The van der Waals surface area contributed by atoms with Gasteiger partial charge in [-0.05, 0) is 45.4 Å². The van der Waals surface area contributed by atoms with Crippen molar-refractivity contribution < 1.29 is 9.47 Å². The van der Waals surface area contributed by atoms with E-state index in [1.807, 2.05) is 45.9 Å². The van der Waals surface area contributed by atoms with Gasteiger partial charge < -0.3 is 15.2 Å². The fourth-order valence-corrected chi connectivity index (χ4v) is 1.30. The van der Waals surface area contributed by atoms with E-state index in [1.54, 1.807) is 0 Å². The van der Waals surface area contributed by atoms with Crippen molar-refractivity contribution >= 4 is 5.69 Å². The van der Waals surface area contributed by atoms with Crippen LogP contribution in [0.4, 0.5) is 5.69 Å². The normalized spacial score (nSPS) is 11.5. The van der Waals surface area contributed by atoms with Crippen LogP contribution in [0.3, 0.4) is 0 Å². The van der Waals surface area contributed by atoms with Gasteiger partial charge in [0.25, 0.3) is 0 Å². The summed E-state index contributed by atoms with van der Waals surface area (Å²) in [6.07, 6.45) is 0. The third-order valence-corrected chi connectivity index (χ3v) is 2.04. The smallest absolute Gasteiger partial charge is 0.142 e. The predicted molar refractivity (Wildman–Crippen MR) is 66.8 cm³/mol. The lowest BCUT2D eigenvalue weighted by molar-refractivity contribution is -0.0162. The van der Waals surface area contributed by atoms with Crippen molar-refractivity contribution in [3.8, 4) is 5.75 Å². The molecule has 1 aromatic rings. The monoisotopic (exact) mass is 223 g/mol. The van der Waals surface area contributed by atoms with Crippen molar-refractivity contribution in [3.63, 3.8) is 0 Å². The molecule has 2 N–H and O–H groups in total. The van der Waals surface area contributed by atoms with Crippen LogP contribution in [0.5, 0.6) is 5.75 Å². The summed E-state index contributed by atoms with van der Waals surface area (Å²) in [5.74, 6) is 0.725. The van der Waals surface area contributed by atoms with Crippen LogP contribution in [0.25, 0.3) is 0 Å². The standard InChI is InChI=1S/C13H21NO2/c1-10-5-6-12(11(14)9-10)15-7-8-16-13(2,3)4/h5-6,9H,7-8,14H2,1-4H3. The topological polar surface area (TPSA) is 44.5 Å². The fourth-order valence-electron chi connectivity index (χ4n) is 1.30. The first kappa shape index (κ1) is 12.8. The maximum absolute atomic E-state index is 5.82. The van der Waals surface area contributed by atoms with Gasteiger partial charge in [-0.1, -0.05) is 6.07 Å². The molecule has 0 saturated carbocycles. The molecule has 0 aliphatic rings. The molecule has 0 heterocycles. The fraction of sp³-hybridized carbons (Fsp3) is 0.538. The summed E-state index contributed by atoms with van der Waals surface area (Å²) >= 11 is 0. The Morgan fingerprint density at radius 3 is 2.44 bits per heavy atom. The van der Waals surface area contributed by atoms with Crippen LogP contribution >= 0.6 is 0 Å². The van der Waals surface area contributed by atoms with E-state index in [1.165, 1.54) is 0 Å². The molecule has 0 aliphatic heterocycles. The molecule has 0 unspecified atom stereocenters. The first-order valence-corrected chi connectivity index (χ1v) is 5.51. The lowest BCUT2D eigenvalue weighted by atomic mass is 10.2. The lowest BCUT2D eigenvalue weighted by Gasteiger charge is -2.19. The second kappa shape index (κ2) is 5.21. The number of ether oxygens (including phenoxy) is 2. The molecule has 90 valence electrons. The zero-order chi connectivity index (χ0) is 12.2. The first-order valence-electron chi connectivity index (χ1n) is 5.51. The molecule has 0 fully saturated rings. The summed E-state index contributed by atoms with van der Waals surface area (Å²) in [4.78, 5) is 0. The van der Waals surface area contributed by atoms with Crippen LogP contribution in [0.1, 0.15) is 26.3 Å². The summed E-state index contributed by atoms with van der Waals surface area (Å²) in [5, 5.41) is 0. The third-order valence-electron chi connectivity index (χ3n) is 2.04. The lowest BCUT2D eigenvalue weighted by Crippen LogP contribution is -2.22. The van der Waals surface area contributed by atoms with Gasteiger partial charge in [0.1, 0.15) is 12.4 Å². The van der Waals surface area contributed by atoms with Crippen LogP contribution in [0.15, 0.2) is 18.2 Å². The Bertz CT molecular complexity index is 342. The van der Waals surface area contributed by atoms with Crippen molar-refractivity contribution in [2.75, 3.05) is 18.9 Å². The molecule has 3 heteroatoms. The van der Waals surface area contributed by atoms with E-state index >= 15 is 0 Å². The van der Waals surface area contributed by atoms with Crippen LogP contribution in [0.2, 0.25) is 0 Å². The minimum Gasteiger partial charge on any atom is -0.489 e. The molecule has 0 aliphatic carbocycles. The van der Waals surface area contributed by atoms with E-state index in [2.05, 4.69) is 0 Å². The summed E-state index contributed by atoms with van der Waals surface area (Å²) in [6.45, 7) is 9.15. The zero-order valence-electron chi connectivity index (χ0n) is 10.5. The van der Waals surface area contributed by atoms with E-state index in [0.717, 1.165) is 11.3 Å². The van der Waals surface area contributed by atoms with Gasteiger partial charge in [0.05, 0.1) is 17.9 Å². The third kappa shape index (κ3) is 4.53. The van der Waals surface area contributed by atoms with Gasteiger partial charge in [-0.25, -0.2) is 0 Å². The Labute approximate surface area is 97.6 Å². The van der Waals surface area contributed by atoms with Crippen LogP contribution in [-0.2, 0) is 4.74 Å². The number of nitrogen functional groups attached to an aromatic ring is 1. The highest BCUT2D eigenvalue weighted by molar-refractivity contribution is 5.53. The van der Waals surface area contributed by atoms with Crippen molar-refractivity contribution in [1.29, 1.82) is 0 Å². The van der Waals surface area contributed by atoms with E-state index in [0.29, 0.717) is 18.9 Å². The maximum atomic E-state index is 5.82. The van der Waals surface area contributed by atoms with Crippen LogP contribution < -0.4 is 10.5 Å². The number of aryl methyl sites for hydroxylation is 1. The quantitative estimate of drug-likeness (QED) is 0.630. The highest BCUT2D eigenvalue weighted by Gasteiger charge is 2.09. The molecule has 0 atom stereocenters. The second-order valence-corrected chi connectivity index (χ2v) is 4.85. The zero-order valence-corrected chi connectivity index (χ0v) is 10.5. The maximum Gasteiger partial charge on any atom is 0.142 e. The highest BCUT2D eigenvalue weighted by atomic mass is 16.5. The number of hydrogen-bond acceptors (Lipinski definition) is 3. The Hall–Kier alpha value is -1.22. The number of anilines is 1. The van der Waals surface area contributed by atoms with Crippen molar-refractivity contribution in [1.82, 2.24) is 0 Å². The van der Waals surface area contributed by atoms with Gasteiger partial charge in [0.2, 0.25) is 0 Å². The largest absolute Gasteiger partial charge is 0.489 e. The molecule has 0 bridgehead atoms. The minimum atomic E-state index is -0.123. The molecule has 0 amide bonds. The van der Waals surface area contributed by atoms with E-state index in [4.69, 9.17) is 15.2 Å². The van der Waals surface area contributed by atoms with Crippen LogP contribution in [0, 0.1) is 6.92 Å². The van der Waals surface area contributed by atoms with Crippen molar-refractivity contribution in [2.45, 2.75) is 33.3 Å². The first-order chi connectivity index (χ1) is 7.38. The molecular formula is C13H21NO2. The molecule has 0 aromatic heterocycles. The SMILES string of the molecule is Cc1ccc(OCCOC(C)(C)C)c(N)c1. The minimum absolute atomic E-state index is 0.123. The van der Waals surface area contributed by atoms with Gasteiger partial charge in [0.15, 0.2) is 0 Å². The highest BCUT2D eigenvalue weighted by Crippen LogP contribution is 2.22. The summed E-state index contributed by atoms with van der Waals surface area (Å²) < 4.78 is 11.1. The molecule has 3 nitrogen and oxygen atoms in total. The summed E-state index contributed by atoms with van der Waals surface area (Å²) in [7, 11) is 0. The average Bonchev–Trinajstić information content (AvgIpc) is 2.13. The molecular weight excluding hydrogens is 202 g/mol. The van der Waals surface area contributed by atoms with E-state index < -0.39 is 0 Å². The molecule has 0 spiro atoms. The summed E-state index contributed by atoms with van der Waals surface area (Å²) in [6, 6.07) is 5.78. The van der Waals surface area contributed by atoms with E-state index in [-0.39, 0.29) is 5.60 Å². The van der Waals surface area contributed by atoms with Crippen molar-refractivity contribution in [3.05, 3.63) is 23.8 Å². The molecule has 1 rings (SSSR count). The number of hydrogen-bond donors (Lipinski definition) is 1. The number of benzene rings is 1. The van der Waals surface area contributed by atoms with Crippen molar-refractivity contribution in [2.24, 2.45) is 0 Å². The molecule has 16 heavy (non-hydrogen) atoms. The molecule has 0 radical (unpaired) electrons. The Balaban J connectivity index is 2.38. The predicted octanol–water partition coefficient (Wildman–Crippen LogP) is 2.77. The Morgan fingerprint density at radius 2 is 1.88 bits per heavy atom. The summed E-state index contributed by atoms with van der Waals surface area (Å²) in [5.41, 5.74) is 7.51. The Kier molecular flexibility index (Phi) is 4.19. The van der Waals surface area contributed by atoms with Gasteiger partial charge >= 0.3 is 0 Å². The molecule has 1 aromatic carbocycles. The second-order valence-electron chi connectivity index (χ2n) is 4.85. The number of nitrogens with two attached hydrogens (primary N) is 1. The average molecular weight is 223 g/mol. The molecule has 0 saturated heterocycles. The van der Waals surface area contributed by atoms with Gasteiger partial charge in [-0.2, -0.15) is 0 Å². The van der Waals surface area contributed by atoms with Gasteiger partial charge in [-0.15, -0.1) is 0 Å². The van der Waals surface area contributed by atoms with Gasteiger partial charge in [-0.3, -0.25) is 0 Å². The Morgan fingerprint density at radius 1 is 1.19 bits per heavy atom. The van der Waals surface area contributed by atoms with Crippen LogP contribution in [-0.4, -0.2) is 18.8 Å². The number of rotatable bonds is 4. The van der Waals surface area contributed by atoms with Gasteiger partial charge in [0, 0.05) is 0 Å². The van der Waals surface area contributed by atoms with E-state index in [9.17, 15) is 0 Å².